The second-order valence-electron chi connectivity index (χ2n) is 8.32. The Bertz CT molecular complexity index is 1040. The minimum absolute atomic E-state index is 0.115. The van der Waals surface area contributed by atoms with Gasteiger partial charge in [0.15, 0.2) is 5.82 Å². The minimum atomic E-state index is -0.341. The summed E-state index contributed by atoms with van der Waals surface area (Å²) < 4.78 is 7.34. The zero-order valence-electron chi connectivity index (χ0n) is 16.8. The number of benzene rings is 1. The van der Waals surface area contributed by atoms with Gasteiger partial charge in [0.1, 0.15) is 6.04 Å². The Morgan fingerprint density at radius 2 is 1.93 bits per heavy atom. The maximum Gasteiger partial charge on any atom is 0.253 e. The van der Waals surface area contributed by atoms with Crippen LogP contribution in [0.2, 0.25) is 0 Å². The van der Waals surface area contributed by atoms with E-state index in [1.807, 2.05) is 29.8 Å². The lowest BCUT2D eigenvalue weighted by Crippen LogP contribution is -2.43. The summed E-state index contributed by atoms with van der Waals surface area (Å²) in [5.74, 6) is 0.673. The lowest BCUT2D eigenvalue weighted by atomic mass is 10.0. The molecule has 1 aliphatic rings. The van der Waals surface area contributed by atoms with Gasteiger partial charge < -0.3 is 9.72 Å². The zero-order chi connectivity index (χ0) is 19.9. The maximum absolute atomic E-state index is 13.1. The Morgan fingerprint density at radius 3 is 2.64 bits per heavy atom. The molecule has 1 unspecified atom stereocenters. The van der Waals surface area contributed by atoms with Gasteiger partial charge in [-0.1, -0.05) is 11.6 Å². The number of morpholine rings is 1. The van der Waals surface area contributed by atoms with Crippen molar-refractivity contribution in [3.05, 3.63) is 51.6 Å². The van der Waals surface area contributed by atoms with Gasteiger partial charge in [-0.2, -0.15) is 0 Å². The normalized spacial score (nSPS) is 17.1. The smallest absolute Gasteiger partial charge is 0.253 e. The van der Waals surface area contributed by atoms with Crippen molar-refractivity contribution in [3.63, 3.8) is 0 Å². The quantitative estimate of drug-likeness (QED) is 0.745. The summed E-state index contributed by atoms with van der Waals surface area (Å²) in [5.41, 5.74) is 2.21. The fourth-order valence-corrected chi connectivity index (χ4v) is 3.72. The van der Waals surface area contributed by atoms with Crippen LogP contribution in [-0.2, 0) is 10.3 Å². The first kappa shape index (κ1) is 18.8. The first-order valence-electron chi connectivity index (χ1n) is 9.59. The van der Waals surface area contributed by atoms with Gasteiger partial charge in [-0.25, -0.2) is 4.68 Å². The van der Waals surface area contributed by atoms with E-state index in [9.17, 15) is 4.79 Å². The molecule has 1 aromatic carbocycles. The number of nitrogens with one attached hydrogen (secondary N) is 1. The molecule has 1 saturated heterocycles. The van der Waals surface area contributed by atoms with Crippen molar-refractivity contribution in [1.82, 2.24) is 30.1 Å². The molecule has 148 valence electrons. The van der Waals surface area contributed by atoms with Gasteiger partial charge >= 0.3 is 0 Å². The fraction of sp³-hybridized carbons (Fsp3) is 0.500. The van der Waals surface area contributed by atoms with Gasteiger partial charge in [0, 0.05) is 24.2 Å². The number of rotatable bonds is 3. The lowest BCUT2D eigenvalue weighted by molar-refractivity contribution is 0.0206. The van der Waals surface area contributed by atoms with Crippen molar-refractivity contribution in [2.45, 2.75) is 39.3 Å². The lowest BCUT2D eigenvalue weighted by Gasteiger charge is -2.34. The predicted molar refractivity (Wildman–Crippen MR) is 106 cm³/mol. The molecule has 8 nitrogen and oxygen atoms in total. The SMILES string of the molecule is Cc1ccc2[nH]c(=O)c(C(c3nnnn3C(C)(C)C)N3CCOCC3)cc2c1. The zero-order valence-corrected chi connectivity index (χ0v) is 16.8. The molecule has 3 heterocycles. The Morgan fingerprint density at radius 1 is 1.18 bits per heavy atom. The highest BCUT2D eigenvalue weighted by Crippen LogP contribution is 2.29. The topological polar surface area (TPSA) is 88.9 Å². The van der Waals surface area contributed by atoms with Crippen LogP contribution in [0.1, 0.15) is 43.8 Å². The summed E-state index contributed by atoms with van der Waals surface area (Å²) in [6, 6.07) is 7.66. The first-order valence-corrected chi connectivity index (χ1v) is 9.59. The molecule has 1 aliphatic heterocycles. The summed E-state index contributed by atoms with van der Waals surface area (Å²) in [5, 5.41) is 13.5. The van der Waals surface area contributed by atoms with E-state index in [1.54, 1.807) is 0 Å². The predicted octanol–water partition coefficient (Wildman–Crippen LogP) is 2.00. The average molecular weight is 382 g/mol. The number of hydrogen-bond acceptors (Lipinski definition) is 6. The highest BCUT2D eigenvalue weighted by atomic mass is 16.5. The molecular formula is C20H26N6O2. The van der Waals surface area contributed by atoms with E-state index >= 15 is 0 Å². The molecule has 8 heteroatoms. The van der Waals surface area contributed by atoms with E-state index in [-0.39, 0.29) is 17.1 Å². The molecule has 0 aliphatic carbocycles. The third-order valence-electron chi connectivity index (χ3n) is 5.11. The standard InChI is InChI=1S/C20H26N6O2/c1-13-5-6-16-14(11-13)12-15(19(27)21-16)17(25-7-9-28-10-8-25)18-22-23-24-26(18)20(2,3)4/h5-6,11-12,17H,7-10H2,1-4H3,(H,21,27). The summed E-state index contributed by atoms with van der Waals surface area (Å²) >= 11 is 0. The van der Waals surface area contributed by atoms with Crippen LogP contribution in [0, 0.1) is 6.92 Å². The van der Waals surface area contributed by atoms with Crippen LogP contribution in [0.4, 0.5) is 0 Å². The molecule has 4 rings (SSSR count). The van der Waals surface area contributed by atoms with Crippen LogP contribution in [-0.4, -0.2) is 56.4 Å². The molecule has 28 heavy (non-hydrogen) atoms. The Kier molecular flexibility index (Phi) is 4.76. The first-order chi connectivity index (χ1) is 13.3. The number of hydrogen-bond donors (Lipinski definition) is 1. The van der Waals surface area contributed by atoms with Crippen LogP contribution in [0.25, 0.3) is 10.9 Å². The molecular weight excluding hydrogens is 356 g/mol. The third-order valence-corrected chi connectivity index (χ3v) is 5.11. The van der Waals surface area contributed by atoms with Crippen LogP contribution in [0.3, 0.4) is 0 Å². The molecule has 0 amide bonds. The van der Waals surface area contributed by atoms with Gasteiger partial charge in [0.25, 0.3) is 5.56 Å². The average Bonchev–Trinajstić information content (AvgIpc) is 3.13. The number of ether oxygens (including phenoxy) is 1. The van der Waals surface area contributed by atoms with Crippen LogP contribution >= 0.6 is 0 Å². The van der Waals surface area contributed by atoms with Crippen molar-refractivity contribution >= 4 is 10.9 Å². The number of aromatic amines is 1. The number of pyridine rings is 1. The van der Waals surface area contributed by atoms with Crippen molar-refractivity contribution in [1.29, 1.82) is 0 Å². The van der Waals surface area contributed by atoms with Crippen molar-refractivity contribution in [3.8, 4) is 0 Å². The highest BCUT2D eigenvalue weighted by molar-refractivity contribution is 5.79. The maximum atomic E-state index is 13.1. The number of nitrogens with zero attached hydrogens (tertiary/aromatic N) is 5. The number of aryl methyl sites for hydroxylation is 1. The number of tetrazole rings is 1. The number of H-pyrrole nitrogens is 1. The Hall–Kier alpha value is -2.58. The molecule has 0 bridgehead atoms. The van der Waals surface area contributed by atoms with E-state index in [2.05, 4.69) is 52.2 Å². The van der Waals surface area contributed by atoms with E-state index < -0.39 is 0 Å². The Labute approximate surface area is 163 Å². The molecule has 0 spiro atoms. The molecule has 2 aromatic heterocycles. The van der Waals surface area contributed by atoms with Gasteiger partial charge in [-0.15, -0.1) is 5.10 Å². The van der Waals surface area contributed by atoms with Gasteiger partial charge in [-0.05, 0) is 61.7 Å². The van der Waals surface area contributed by atoms with Gasteiger partial charge in [-0.3, -0.25) is 9.69 Å². The number of fused-ring (bicyclic) bond motifs is 1. The summed E-state index contributed by atoms with van der Waals surface area (Å²) in [6.45, 7) is 10.9. The Balaban J connectivity index is 1.92. The van der Waals surface area contributed by atoms with Crippen molar-refractivity contribution in [2.75, 3.05) is 26.3 Å². The molecule has 0 radical (unpaired) electrons. The molecule has 1 fully saturated rings. The van der Waals surface area contributed by atoms with Gasteiger partial charge in [0.2, 0.25) is 0 Å². The number of aromatic nitrogens is 5. The van der Waals surface area contributed by atoms with E-state index in [0.29, 0.717) is 37.7 Å². The third kappa shape index (κ3) is 3.45. The molecule has 1 N–H and O–H groups in total. The van der Waals surface area contributed by atoms with Crippen molar-refractivity contribution < 1.29 is 4.74 Å². The second kappa shape index (κ2) is 7.10. The molecule has 1 atom stereocenters. The van der Waals surface area contributed by atoms with E-state index in [4.69, 9.17) is 4.74 Å². The van der Waals surface area contributed by atoms with Crippen LogP contribution < -0.4 is 5.56 Å². The molecule has 0 saturated carbocycles. The van der Waals surface area contributed by atoms with Gasteiger partial charge in [0.05, 0.1) is 18.8 Å². The summed E-state index contributed by atoms with van der Waals surface area (Å²) in [7, 11) is 0. The summed E-state index contributed by atoms with van der Waals surface area (Å²) in [6.07, 6.45) is 0. The van der Waals surface area contributed by atoms with Crippen LogP contribution in [0.15, 0.2) is 29.1 Å². The van der Waals surface area contributed by atoms with E-state index in [1.165, 1.54) is 0 Å². The monoisotopic (exact) mass is 382 g/mol. The van der Waals surface area contributed by atoms with E-state index in [0.717, 1.165) is 16.5 Å². The molecule has 3 aromatic rings. The van der Waals surface area contributed by atoms with Crippen LogP contribution in [0.5, 0.6) is 0 Å². The largest absolute Gasteiger partial charge is 0.379 e. The van der Waals surface area contributed by atoms with Crippen molar-refractivity contribution in [2.24, 2.45) is 0 Å². The second-order valence-corrected chi connectivity index (χ2v) is 8.32. The minimum Gasteiger partial charge on any atom is -0.379 e. The fourth-order valence-electron chi connectivity index (χ4n) is 3.72. The highest BCUT2D eigenvalue weighted by Gasteiger charge is 2.34. The summed E-state index contributed by atoms with van der Waals surface area (Å²) in [4.78, 5) is 18.3.